The van der Waals surface area contributed by atoms with Crippen molar-refractivity contribution in [2.75, 3.05) is 13.7 Å². The zero-order chi connectivity index (χ0) is 14.1. The fourth-order valence-corrected chi connectivity index (χ4v) is 2.25. The minimum absolute atomic E-state index is 0.434. The number of benzene rings is 1. The number of nitrogens with one attached hydrogen (secondary N) is 1. The van der Waals surface area contributed by atoms with Gasteiger partial charge in [-0.2, -0.15) is 0 Å². The Bertz CT molecular complexity index is 349. The van der Waals surface area contributed by atoms with Crippen LogP contribution in [0.4, 0.5) is 0 Å². The monoisotopic (exact) mass is 263 g/mol. The number of ether oxygens (including phenoxy) is 1. The van der Waals surface area contributed by atoms with Gasteiger partial charge in [0.2, 0.25) is 0 Å². The molecule has 0 heterocycles. The van der Waals surface area contributed by atoms with Crippen molar-refractivity contribution in [3.8, 4) is 5.75 Å². The normalized spacial score (nSPS) is 12.7. The molecule has 0 aliphatic carbocycles. The molecule has 0 amide bonds. The maximum atomic E-state index is 5.71. The molecule has 0 radical (unpaired) electrons. The largest absolute Gasteiger partial charge is 0.494 e. The second-order valence-corrected chi connectivity index (χ2v) is 5.59. The van der Waals surface area contributed by atoms with E-state index in [0.29, 0.717) is 6.04 Å². The average Bonchev–Trinajstić information content (AvgIpc) is 2.41. The van der Waals surface area contributed by atoms with Crippen LogP contribution in [0, 0.1) is 5.92 Å². The average molecular weight is 263 g/mol. The topological polar surface area (TPSA) is 21.3 Å². The minimum Gasteiger partial charge on any atom is -0.494 e. The maximum absolute atomic E-state index is 5.71. The zero-order valence-corrected chi connectivity index (χ0v) is 12.9. The molecule has 0 aliphatic heterocycles. The van der Waals surface area contributed by atoms with E-state index in [1.165, 1.54) is 24.8 Å². The van der Waals surface area contributed by atoms with Crippen molar-refractivity contribution in [2.45, 2.75) is 52.5 Å². The minimum atomic E-state index is 0.434. The zero-order valence-electron chi connectivity index (χ0n) is 12.9. The lowest BCUT2D eigenvalue weighted by atomic mass is 9.98. The second-order valence-electron chi connectivity index (χ2n) is 5.59. The van der Waals surface area contributed by atoms with Crippen molar-refractivity contribution in [3.63, 3.8) is 0 Å². The lowest BCUT2D eigenvalue weighted by molar-refractivity contribution is 0.316. The Morgan fingerprint density at radius 1 is 1.21 bits per heavy atom. The lowest BCUT2D eigenvalue weighted by Crippen LogP contribution is -2.16. The molecule has 0 spiro atoms. The fourth-order valence-electron chi connectivity index (χ4n) is 2.25. The Balaban J connectivity index is 2.58. The first-order valence-corrected chi connectivity index (χ1v) is 7.57. The van der Waals surface area contributed by atoms with Gasteiger partial charge in [0.15, 0.2) is 0 Å². The van der Waals surface area contributed by atoms with Gasteiger partial charge >= 0.3 is 0 Å². The predicted molar refractivity (Wildman–Crippen MR) is 82.7 cm³/mol. The van der Waals surface area contributed by atoms with E-state index in [4.69, 9.17) is 4.74 Å². The molecule has 1 unspecified atom stereocenters. The van der Waals surface area contributed by atoms with E-state index >= 15 is 0 Å². The third kappa shape index (κ3) is 6.11. The van der Waals surface area contributed by atoms with Crippen LogP contribution in [-0.4, -0.2) is 13.7 Å². The van der Waals surface area contributed by atoms with Crippen LogP contribution in [0.25, 0.3) is 0 Å². The van der Waals surface area contributed by atoms with Crippen molar-refractivity contribution in [2.24, 2.45) is 5.92 Å². The molecule has 0 saturated heterocycles. The summed E-state index contributed by atoms with van der Waals surface area (Å²) in [6.45, 7) is 7.49. The van der Waals surface area contributed by atoms with Gasteiger partial charge in [-0.05, 0) is 43.5 Å². The van der Waals surface area contributed by atoms with E-state index in [1.807, 2.05) is 13.1 Å². The van der Waals surface area contributed by atoms with Gasteiger partial charge in [-0.1, -0.05) is 45.7 Å². The Kier molecular flexibility index (Phi) is 7.57. The van der Waals surface area contributed by atoms with Gasteiger partial charge in [0, 0.05) is 6.04 Å². The van der Waals surface area contributed by atoms with Crippen LogP contribution in [0.3, 0.4) is 0 Å². The molecule has 19 heavy (non-hydrogen) atoms. The van der Waals surface area contributed by atoms with E-state index < -0.39 is 0 Å². The molecule has 1 aromatic rings. The summed E-state index contributed by atoms with van der Waals surface area (Å²) in [5.41, 5.74) is 1.33. The van der Waals surface area contributed by atoms with Crippen LogP contribution < -0.4 is 10.1 Å². The van der Waals surface area contributed by atoms with E-state index in [-0.39, 0.29) is 0 Å². The Hall–Kier alpha value is -1.02. The Morgan fingerprint density at radius 3 is 2.63 bits per heavy atom. The van der Waals surface area contributed by atoms with Crippen molar-refractivity contribution in [3.05, 3.63) is 29.8 Å². The summed E-state index contributed by atoms with van der Waals surface area (Å²) in [5.74, 6) is 1.78. The van der Waals surface area contributed by atoms with Crippen LogP contribution in [0.2, 0.25) is 0 Å². The van der Waals surface area contributed by atoms with E-state index in [2.05, 4.69) is 44.3 Å². The maximum Gasteiger partial charge on any atom is 0.119 e. The summed E-state index contributed by atoms with van der Waals surface area (Å²) in [6, 6.07) is 8.93. The van der Waals surface area contributed by atoms with Crippen molar-refractivity contribution in [1.82, 2.24) is 5.32 Å². The summed E-state index contributed by atoms with van der Waals surface area (Å²) in [4.78, 5) is 0. The Labute approximate surface area is 118 Å². The molecule has 108 valence electrons. The molecule has 1 N–H and O–H groups in total. The highest BCUT2D eigenvalue weighted by atomic mass is 16.5. The molecule has 2 nitrogen and oxygen atoms in total. The fraction of sp³-hybridized carbons (Fsp3) is 0.647. The quantitative estimate of drug-likeness (QED) is 0.705. The van der Waals surface area contributed by atoms with Gasteiger partial charge < -0.3 is 10.1 Å². The van der Waals surface area contributed by atoms with Crippen LogP contribution in [0.15, 0.2) is 24.3 Å². The van der Waals surface area contributed by atoms with Gasteiger partial charge in [-0.15, -0.1) is 0 Å². The molecule has 2 heteroatoms. The van der Waals surface area contributed by atoms with Gasteiger partial charge in [0.1, 0.15) is 5.75 Å². The first-order valence-electron chi connectivity index (χ1n) is 7.57. The highest BCUT2D eigenvalue weighted by molar-refractivity contribution is 5.30. The van der Waals surface area contributed by atoms with Crippen molar-refractivity contribution >= 4 is 0 Å². The van der Waals surface area contributed by atoms with Gasteiger partial charge in [-0.25, -0.2) is 0 Å². The SMILES string of the molecule is CCCOc1cccc(C(CCCC(C)C)NC)c1. The van der Waals surface area contributed by atoms with Gasteiger partial charge in [0.05, 0.1) is 6.61 Å². The van der Waals surface area contributed by atoms with E-state index in [0.717, 1.165) is 24.7 Å². The molecule has 1 rings (SSSR count). The van der Waals surface area contributed by atoms with Crippen molar-refractivity contribution in [1.29, 1.82) is 0 Å². The number of rotatable bonds is 9. The summed E-state index contributed by atoms with van der Waals surface area (Å²) in [6.07, 6.45) is 4.80. The number of hydrogen-bond donors (Lipinski definition) is 1. The molecule has 0 saturated carbocycles. The van der Waals surface area contributed by atoms with Crippen LogP contribution >= 0.6 is 0 Å². The third-order valence-corrected chi connectivity index (χ3v) is 3.36. The predicted octanol–water partition coefficient (Wildman–Crippen LogP) is 4.56. The first-order chi connectivity index (χ1) is 9.17. The Morgan fingerprint density at radius 2 is 2.00 bits per heavy atom. The lowest BCUT2D eigenvalue weighted by Gasteiger charge is -2.18. The first kappa shape index (κ1) is 16.0. The molecule has 1 aromatic carbocycles. The highest BCUT2D eigenvalue weighted by Gasteiger charge is 2.10. The van der Waals surface area contributed by atoms with Crippen molar-refractivity contribution < 1.29 is 4.74 Å². The second kappa shape index (κ2) is 8.98. The summed E-state index contributed by atoms with van der Waals surface area (Å²) in [5, 5.41) is 3.42. The summed E-state index contributed by atoms with van der Waals surface area (Å²) >= 11 is 0. The molecule has 1 atom stereocenters. The van der Waals surface area contributed by atoms with E-state index in [1.54, 1.807) is 0 Å². The highest BCUT2D eigenvalue weighted by Crippen LogP contribution is 2.24. The van der Waals surface area contributed by atoms with Gasteiger partial charge in [0.25, 0.3) is 0 Å². The smallest absolute Gasteiger partial charge is 0.119 e. The molecular formula is C17H29NO. The summed E-state index contributed by atoms with van der Waals surface area (Å²) in [7, 11) is 2.04. The van der Waals surface area contributed by atoms with E-state index in [9.17, 15) is 0 Å². The third-order valence-electron chi connectivity index (χ3n) is 3.36. The standard InChI is InChI=1S/C17H29NO/c1-5-12-19-16-10-7-9-15(13-16)17(18-4)11-6-8-14(2)3/h7,9-10,13-14,17-18H,5-6,8,11-12H2,1-4H3. The summed E-state index contributed by atoms with van der Waals surface area (Å²) < 4.78 is 5.71. The molecular weight excluding hydrogens is 234 g/mol. The van der Waals surface area contributed by atoms with Crippen LogP contribution in [0.5, 0.6) is 5.75 Å². The molecule has 0 fully saturated rings. The molecule has 0 bridgehead atoms. The van der Waals surface area contributed by atoms with Crippen LogP contribution in [-0.2, 0) is 0 Å². The van der Waals surface area contributed by atoms with Gasteiger partial charge in [-0.3, -0.25) is 0 Å². The number of hydrogen-bond acceptors (Lipinski definition) is 2. The molecule has 0 aromatic heterocycles. The van der Waals surface area contributed by atoms with Crippen LogP contribution in [0.1, 0.15) is 58.1 Å². The molecule has 0 aliphatic rings.